The van der Waals surface area contributed by atoms with Crippen molar-refractivity contribution in [2.45, 2.75) is 56.4 Å². The highest BCUT2D eigenvalue weighted by atomic mass is 35.5. The van der Waals surface area contributed by atoms with Gasteiger partial charge in [-0.1, -0.05) is 28.9 Å². The number of hydrogen-bond acceptors (Lipinski definition) is 5. The number of halogens is 1. The Labute approximate surface area is 181 Å². The average molecular weight is 452 g/mol. The van der Waals surface area contributed by atoms with Crippen LogP contribution in [0.1, 0.15) is 49.1 Å². The SMILES string of the molecule is Cc1noc(C)c1S(=O)(=O)N1CCCC(C(=O)NC2(c3ccc(Cl)cc3)CCC2)C1. The molecule has 1 atom stereocenters. The smallest absolute Gasteiger partial charge is 0.248 e. The van der Waals surface area contributed by atoms with Gasteiger partial charge in [-0.25, -0.2) is 8.42 Å². The van der Waals surface area contributed by atoms with Crippen LogP contribution in [0.5, 0.6) is 0 Å². The molecule has 7 nitrogen and oxygen atoms in total. The van der Waals surface area contributed by atoms with E-state index in [1.165, 1.54) is 4.31 Å². The van der Waals surface area contributed by atoms with Crippen LogP contribution < -0.4 is 5.32 Å². The standard InChI is InChI=1S/C21H26ClN3O4S/c1-14-19(15(2)29-24-14)30(27,28)25-12-3-5-16(13-25)20(26)23-21(10-4-11-21)17-6-8-18(22)9-7-17/h6-9,16H,3-5,10-13H2,1-2H3,(H,23,26). The Balaban J connectivity index is 1.51. The fourth-order valence-electron chi connectivity index (χ4n) is 4.47. The average Bonchev–Trinajstić information content (AvgIpc) is 3.04. The van der Waals surface area contributed by atoms with E-state index in [-0.39, 0.29) is 28.6 Å². The molecule has 0 radical (unpaired) electrons. The van der Waals surface area contributed by atoms with Crippen molar-refractivity contribution in [3.63, 3.8) is 0 Å². The second kappa shape index (κ2) is 7.98. The van der Waals surface area contributed by atoms with Gasteiger partial charge in [-0.05, 0) is 63.6 Å². The van der Waals surface area contributed by atoms with Crippen LogP contribution in [0.3, 0.4) is 0 Å². The molecule has 2 heterocycles. The van der Waals surface area contributed by atoms with Gasteiger partial charge < -0.3 is 9.84 Å². The van der Waals surface area contributed by atoms with E-state index in [0.717, 1.165) is 24.8 Å². The maximum atomic E-state index is 13.2. The third-order valence-corrected chi connectivity index (χ3v) is 8.65. The fourth-order valence-corrected chi connectivity index (χ4v) is 6.41. The summed E-state index contributed by atoms with van der Waals surface area (Å²) in [6, 6.07) is 7.58. The van der Waals surface area contributed by atoms with E-state index in [4.69, 9.17) is 16.1 Å². The molecule has 1 unspecified atom stereocenters. The first-order valence-electron chi connectivity index (χ1n) is 10.2. The number of carbonyl (C=O) groups excluding carboxylic acids is 1. The largest absolute Gasteiger partial charge is 0.360 e. The van der Waals surface area contributed by atoms with E-state index in [9.17, 15) is 13.2 Å². The van der Waals surface area contributed by atoms with E-state index in [1.807, 2.05) is 24.3 Å². The summed E-state index contributed by atoms with van der Waals surface area (Å²) < 4.78 is 32.7. The third kappa shape index (κ3) is 3.76. The van der Waals surface area contributed by atoms with E-state index in [1.54, 1.807) is 13.8 Å². The third-order valence-electron chi connectivity index (χ3n) is 6.29. The molecular weight excluding hydrogens is 426 g/mol. The topological polar surface area (TPSA) is 92.5 Å². The summed E-state index contributed by atoms with van der Waals surface area (Å²) in [6.07, 6.45) is 4.08. The van der Waals surface area contributed by atoms with Crippen molar-refractivity contribution in [2.75, 3.05) is 13.1 Å². The molecule has 1 aromatic carbocycles. The van der Waals surface area contributed by atoms with Crippen molar-refractivity contribution < 1.29 is 17.7 Å². The molecule has 9 heteroatoms. The molecule has 4 rings (SSSR count). The van der Waals surface area contributed by atoms with Gasteiger partial charge in [-0.2, -0.15) is 4.31 Å². The Kier molecular flexibility index (Phi) is 5.67. The van der Waals surface area contributed by atoms with Crippen molar-refractivity contribution >= 4 is 27.5 Å². The molecule has 1 aromatic heterocycles. The maximum Gasteiger partial charge on any atom is 0.248 e. The fraction of sp³-hybridized carbons (Fsp3) is 0.524. The predicted molar refractivity (Wildman–Crippen MR) is 113 cm³/mol. The number of piperidine rings is 1. The molecule has 162 valence electrons. The lowest BCUT2D eigenvalue weighted by Gasteiger charge is -2.44. The van der Waals surface area contributed by atoms with Crippen LogP contribution in [-0.2, 0) is 20.4 Å². The van der Waals surface area contributed by atoms with Crippen molar-refractivity contribution in [3.05, 3.63) is 46.3 Å². The van der Waals surface area contributed by atoms with Gasteiger partial charge in [0.25, 0.3) is 0 Å². The summed E-state index contributed by atoms with van der Waals surface area (Å²) in [4.78, 5) is 13.3. The van der Waals surface area contributed by atoms with Crippen LogP contribution in [-0.4, -0.2) is 36.9 Å². The maximum absolute atomic E-state index is 13.2. The molecule has 2 fully saturated rings. The number of carbonyl (C=O) groups is 1. The molecule has 1 saturated carbocycles. The van der Waals surface area contributed by atoms with Crippen LogP contribution in [0.2, 0.25) is 5.02 Å². The van der Waals surface area contributed by atoms with E-state index >= 15 is 0 Å². The number of sulfonamides is 1. The molecule has 1 saturated heterocycles. The molecule has 0 bridgehead atoms. The minimum atomic E-state index is -3.76. The summed E-state index contributed by atoms with van der Waals surface area (Å²) in [6.45, 7) is 3.75. The Morgan fingerprint density at radius 1 is 1.23 bits per heavy atom. The summed E-state index contributed by atoms with van der Waals surface area (Å²) >= 11 is 6.01. The lowest BCUT2D eigenvalue weighted by molar-refractivity contribution is -0.129. The van der Waals surface area contributed by atoms with Crippen LogP contribution in [0.25, 0.3) is 0 Å². The molecule has 1 aliphatic heterocycles. The number of aromatic nitrogens is 1. The molecule has 0 spiro atoms. The molecular formula is C21H26ClN3O4S. The van der Waals surface area contributed by atoms with Gasteiger partial charge in [-0.3, -0.25) is 4.79 Å². The van der Waals surface area contributed by atoms with Gasteiger partial charge in [0, 0.05) is 18.1 Å². The zero-order valence-electron chi connectivity index (χ0n) is 17.2. The predicted octanol–water partition coefficient (Wildman–Crippen LogP) is 3.54. The Morgan fingerprint density at radius 2 is 1.93 bits per heavy atom. The highest BCUT2D eigenvalue weighted by Gasteiger charge is 2.43. The number of nitrogens with one attached hydrogen (secondary N) is 1. The monoisotopic (exact) mass is 451 g/mol. The Hall–Kier alpha value is -1.90. The summed E-state index contributed by atoms with van der Waals surface area (Å²) in [7, 11) is -3.76. The second-order valence-corrected chi connectivity index (χ2v) is 10.6. The van der Waals surface area contributed by atoms with Gasteiger partial charge in [0.1, 0.15) is 10.6 Å². The molecule has 1 N–H and O–H groups in total. The van der Waals surface area contributed by atoms with E-state index in [2.05, 4.69) is 10.5 Å². The Morgan fingerprint density at radius 3 is 2.50 bits per heavy atom. The number of hydrogen-bond donors (Lipinski definition) is 1. The lowest BCUT2D eigenvalue weighted by Crippen LogP contribution is -2.54. The summed E-state index contributed by atoms with van der Waals surface area (Å²) in [5, 5.41) is 7.66. The molecule has 1 amide bonds. The highest BCUT2D eigenvalue weighted by molar-refractivity contribution is 7.89. The number of nitrogens with zero attached hydrogens (tertiary/aromatic N) is 2. The van der Waals surface area contributed by atoms with Gasteiger partial charge in [0.05, 0.1) is 11.5 Å². The number of rotatable bonds is 5. The first-order chi connectivity index (χ1) is 14.2. The molecule has 2 aromatic rings. The Bertz CT molecular complexity index is 1030. The summed E-state index contributed by atoms with van der Waals surface area (Å²) in [5.74, 6) is -0.211. The summed E-state index contributed by atoms with van der Waals surface area (Å²) in [5.41, 5.74) is 1.00. The zero-order chi connectivity index (χ0) is 21.5. The van der Waals surface area contributed by atoms with Crippen molar-refractivity contribution in [2.24, 2.45) is 5.92 Å². The number of amides is 1. The van der Waals surface area contributed by atoms with Crippen LogP contribution in [0.4, 0.5) is 0 Å². The van der Waals surface area contributed by atoms with Gasteiger partial charge in [-0.15, -0.1) is 0 Å². The van der Waals surface area contributed by atoms with Crippen LogP contribution >= 0.6 is 11.6 Å². The first-order valence-corrected chi connectivity index (χ1v) is 12.1. The highest BCUT2D eigenvalue weighted by Crippen LogP contribution is 2.42. The minimum Gasteiger partial charge on any atom is -0.360 e. The normalized spacial score (nSPS) is 21.8. The minimum absolute atomic E-state index is 0.0942. The van der Waals surface area contributed by atoms with Crippen molar-refractivity contribution in [1.29, 1.82) is 0 Å². The zero-order valence-corrected chi connectivity index (χ0v) is 18.7. The van der Waals surface area contributed by atoms with Crippen LogP contribution in [0.15, 0.2) is 33.7 Å². The van der Waals surface area contributed by atoms with E-state index < -0.39 is 15.9 Å². The number of benzene rings is 1. The molecule has 1 aliphatic carbocycles. The second-order valence-electron chi connectivity index (χ2n) is 8.29. The number of aryl methyl sites for hydroxylation is 2. The van der Waals surface area contributed by atoms with Crippen molar-refractivity contribution in [3.8, 4) is 0 Å². The van der Waals surface area contributed by atoms with Crippen LogP contribution in [0, 0.1) is 19.8 Å². The van der Waals surface area contributed by atoms with Crippen molar-refractivity contribution in [1.82, 2.24) is 14.8 Å². The quantitative estimate of drug-likeness (QED) is 0.750. The van der Waals surface area contributed by atoms with Gasteiger partial charge in [0.2, 0.25) is 15.9 Å². The van der Waals surface area contributed by atoms with Gasteiger partial charge in [0.15, 0.2) is 5.76 Å². The molecule has 30 heavy (non-hydrogen) atoms. The molecule has 2 aliphatic rings. The lowest BCUT2D eigenvalue weighted by atomic mass is 9.71. The van der Waals surface area contributed by atoms with E-state index in [0.29, 0.717) is 30.1 Å². The van der Waals surface area contributed by atoms with Gasteiger partial charge >= 0.3 is 0 Å². The first kappa shape index (κ1) is 21.3.